The normalized spacial score (nSPS) is 27.0. The lowest BCUT2D eigenvalue weighted by atomic mass is 10.0. The number of hydrogen-bond acceptors (Lipinski definition) is 6. The predicted octanol–water partition coefficient (Wildman–Crippen LogP) is 4.07. The van der Waals surface area contributed by atoms with Crippen molar-refractivity contribution >= 4 is 17.2 Å². The fourth-order valence-electron chi connectivity index (χ4n) is 4.94. The molecule has 32 heavy (non-hydrogen) atoms. The van der Waals surface area contributed by atoms with Gasteiger partial charge in [0.1, 0.15) is 11.6 Å². The zero-order valence-corrected chi connectivity index (χ0v) is 20.1. The highest BCUT2D eigenvalue weighted by molar-refractivity contribution is 5.79. The SMILES string of the molecule is CNc1cc(-c2ccc(N3CC(C)OC(C)C3)nc2)c(F)cc1N1CC(C)N(C)C(C)C1. The molecule has 1 aromatic carbocycles. The maximum Gasteiger partial charge on any atom is 0.133 e. The van der Waals surface area contributed by atoms with Crippen LogP contribution < -0.4 is 15.1 Å². The molecule has 0 radical (unpaired) electrons. The Bertz CT molecular complexity index is 915. The van der Waals surface area contributed by atoms with Crippen LogP contribution in [0.5, 0.6) is 0 Å². The summed E-state index contributed by atoms with van der Waals surface area (Å²) in [5, 5.41) is 3.28. The number of nitrogens with one attached hydrogen (secondary N) is 1. The van der Waals surface area contributed by atoms with Gasteiger partial charge in [-0.25, -0.2) is 9.37 Å². The van der Waals surface area contributed by atoms with Crippen LogP contribution in [0.15, 0.2) is 30.5 Å². The number of morpholine rings is 1. The first-order valence-electron chi connectivity index (χ1n) is 11.6. The Morgan fingerprint density at radius 3 is 2.19 bits per heavy atom. The molecule has 6 nitrogen and oxygen atoms in total. The topological polar surface area (TPSA) is 43.9 Å². The van der Waals surface area contributed by atoms with Crippen LogP contribution in [0, 0.1) is 5.82 Å². The average molecular weight is 442 g/mol. The monoisotopic (exact) mass is 441 g/mol. The minimum atomic E-state index is -0.221. The molecule has 0 saturated carbocycles. The van der Waals surface area contributed by atoms with E-state index in [0.717, 1.165) is 48.9 Å². The van der Waals surface area contributed by atoms with Gasteiger partial charge in [-0.15, -0.1) is 0 Å². The molecular formula is C25H36FN5O. The Balaban J connectivity index is 1.59. The highest BCUT2D eigenvalue weighted by atomic mass is 19.1. The van der Waals surface area contributed by atoms with E-state index in [4.69, 9.17) is 4.74 Å². The van der Waals surface area contributed by atoms with Gasteiger partial charge in [-0.2, -0.15) is 0 Å². The summed E-state index contributed by atoms with van der Waals surface area (Å²) in [6, 6.07) is 8.35. The molecule has 3 heterocycles. The van der Waals surface area contributed by atoms with Gasteiger partial charge < -0.3 is 19.9 Å². The van der Waals surface area contributed by atoms with Crippen molar-refractivity contribution in [3.05, 3.63) is 36.3 Å². The first kappa shape index (κ1) is 22.8. The number of aromatic nitrogens is 1. The number of anilines is 3. The molecule has 2 saturated heterocycles. The Labute approximate surface area is 191 Å². The van der Waals surface area contributed by atoms with Gasteiger partial charge in [-0.3, -0.25) is 4.90 Å². The molecule has 0 aliphatic carbocycles. The van der Waals surface area contributed by atoms with Crippen molar-refractivity contribution in [2.24, 2.45) is 0 Å². The minimum Gasteiger partial charge on any atom is -0.386 e. The van der Waals surface area contributed by atoms with Gasteiger partial charge in [-0.1, -0.05) is 0 Å². The molecular weight excluding hydrogens is 405 g/mol. The van der Waals surface area contributed by atoms with Crippen LogP contribution in [-0.4, -0.2) is 74.4 Å². The van der Waals surface area contributed by atoms with Gasteiger partial charge in [-0.05, 0) is 59.0 Å². The van der Waals surface area contributed by atoms with Crippen molar-refractivity contribution in [3.63, 3.8) is 0 Å². The summed E-state index contributed by atoms with van der Waals surface area (Å²) >= 11 is 0. The number of hydrogen-bond donors (Lipinski definition) is 1. The Morgan fingerprint density at radius 1 is 0.969 bits per heavy atom. The number of nitrogens with zero attached hydrogens (tertiary/aromatic N) is 4. The Hall–Kier alpha value is -2.38. The van der Waals surface area contributed by atoms with Gasteiger partial charge >= 0.3 is 0 Å². The molecule has 2 aliphatic rings. The van der Waals surface area contributed by atoms with Crippen LogP contribution >= 0.6 is 0 Å². The molecule has 0 bridgehead atoms. The summed E-state index contributed by atoms with van der Waals surface area (Å²) < 4.78 is 21.1. The molecule has 4 atom stereocenters. The first-order valence-corrected chi connectivity index (χ1v) is 11.6. The van der Waals surface area contributed by atoms with Crippen LogP contribution in [0.2, 0.25) is 0 Å². The fourth-order valence-corrected chi connectivity index (χ4v) is 4.94. The van der Waals surface area contributed by atoms with Crippen molar-refractivity contribution in [2.45, 2.75) is 52.0 Å². The zero-order chi connectivity index (χ0) is 23.0. The number of benzene rings is 1. The summed E-state index contributed by atoms with van der Waals surface area (Å²) in [5.41, 5.74) is 3.20. The van der Waals surface area contributed by atoms with E-state index in [1.54, 1.807) is 12.3 Å². The number of rotatable bonds is 4. The molecule has 2 aliphatic heterocycles. The average Bonchev–Trinajstić information content (AvgIpc) is 2.76. The first-order chi connectivity index (χ1) is 15.3. The number of pyridine rings is 1. The smallest absolute Gasteiger partial charge is 0.133 e. The van der Waals surface area contributed by atoms with Gasteiger partial charge in [0, 0.05) is 62.6 Å². The van der Waals surface area contributed by atoms with Crippen molar-refractivity contribution in [1.82, 2.24) is 9.88 Å². The number of halogens is 1. The summed E-state index contributed by atoms with van der Waals surface area (Å²) in [6.07, 6.45) is 2.12. The van der Waals surface area contributed by atoms with Crippen LogP contribution in [0.4, 0.5) is 21.6 Å². The van der Waals surface area contributed by atoms with E-state index in [2.05, 4.69) is 59.7 Å². The lowest BCUT2D eigenvalue weighted by Crippen LogP contribution is -2.55. The quantitative estimate of drug-likeness (QED) is 0.772. The standard InChI is InChI=1S/C25H36FN5O/c1-16-12-30(13-17(2)29(16)6)24-10-22(26)21(9-23(24)27-5)20-7-8-25(28-11-20)31-14-18(3)32-19(4)15-31/h7-11,16-19,27H,12-15H2,1-6H3. The zero-order valence-electron chi connectivity index (χ0n) is 20.1. The van der Waals surface area contributed by atoms with Gasteiger partial charge in [0.25, 0.3) is 0 Å². The number of likely N-dealkylation sites (N-methyl/N-ethyl adjacent to an activating group) is 1. The van der Waals surface area contributed by atoms with Crippen LogP contribution in [0.25, 0.3) is 11.1 Å². The highest BCUT2D eigenvalue weighted by Gasteiger charge is 2.28. The molecule has 7 heteroatoms. The second-order valence-electron chi connectivity index (χ2n) is 9.44. The van der Waals surface area contributed by atoms with E-state index in [-0.39, 0.29) is 18.0 Å². The summed E-state index contributed by atoms with van der Waals surface area (Å²) in [6.45, 7) is 12.0. The Kier molecular flexibility index (Phi) is 6.58. The second kappa shape index (κ2) is 9.24. The van der Waals surface area contributed by atoms with Crippen molar-refractivity contribution in [2.75, 3.05) is 55.4 Å². The molecule has 0 spiro atoms. The molecule has 2 fully saturated rings. The second-order valence-corrected chi connectivity index (χ2v) is 9.44. The fraction of sp³-hybridized carbons (Fsp3) is 0.560. The summed E-state index contributed by atoms with van der Waals surface area (Å²) in [7, 11) is 4.05. The molecule has 1 N–H and O–H groups in total. The van der Waals surface area contributed by atoms with E-state index in [9.17, 15) is 0 Å². The van der Waals surface area contributed by atoms with E-state index < -0.39 is 0 Å². The number of piperazine rings is 1. The van der Waals surface area contributed by atoms with E-state index in [1.807, 2.05) is 25.2 Å². The molecule has 2 aromatic rings. The molecule has 1 aromatic heterocycles. The van der Waals surface area contributed by atoms with Crippen molar-refractivity contribution in [3.8, 4) is 11.1 Å². The molecule has 4 rings (SSSR count). The van der Waals surface area contributed by atoms with E-state index in [0.29, 0.717) is 17.6 Å². The van der Waals surface area contributed by atoms with Crippen molar-refractivity contribution in [1.29, 1.82) is 0 Å². The van der Waals surface area contributed by atoms with Crippen LogP contribution in [-0.2, 0) is 4.74 Å². The van der Waals surface area contributed by atoms with Gasteiger partial charge in [0.05, 0.1) is 23.6 Å². The lowest BCUT2D eigenvalue weighted by Gasteiger charge is -2.44. The maximum absolute atomic E-state index is 15.3. The largest absolute Gasteiger partial charge is 0.386 e. The minimum absolute atomic E-state index is 0.170. The third-order valence-corrected chi connectivity index (χ3v) is 6.86. The van der Waals surface area contributed by atoms with Gasteiger partial charge in [0.2, 0.25) is 0 Å². The number of ether oxygens (including phenoxy) is 1. The highest BCUT2D eigenvalue weighted by Crippen LogP contribution is 2.35. The summed E-state index contributed by atoms with van der Waals surface area (Å²) in [5.74, 6) is 0.684. The molecule has 0 amide bonds. The van der Waals surface area contributed by atoms with E-state index in [1.165, 1.54) is 0 Å². The summed E-state index contributed by atoms with van der Waals surface area (Å²) in [4.78, 5) is 11.6. The lowest BCUT2D eigenvalue weighted by molar-refractivity contribution is -0.00545. The van der Waals surface area contributed by atoms with E-state index >= 15 is 4.39 Å². The van der Waals surface area contributed by atoms with Crippen LogP contribution in [0.3, 0.4) is 0 Å². The molecule has 174 valence electrons. The molecule has 4 unspecified atom stereocenters. The third-order valence-electron chi connectivity index (χ3n) is 6.86. The van der Waals surface area contributed by atoms with Crippen molar-refractivity contribution < 1.29 is 9.13 Å². The van der Waals surface area contributed by atoms with Crippen LogP contribution in [0.1, 0.15) is 27.7 Å². The Morgan fingerprint density at radius 2 is 1.62 bits per heavy atom. The predicted molar refractivity (Wildman–Crippen MR) is 130 cm³/mol. The third kappa shape index (κ3) is 4.55. The van der Waals surface area contributed by atoms with Gasteiger partial charge in [0.15, 0.2) is 0 Å². The maximum atomic E-state index is 15.3.